The van der Waals surface area contributed by atoms with E-state index in [1.165, 1.54) is 0 Å². The van der Waals surface area contributed by atoms with E-state index >= 15 is 0 Å². The number of rotatable bonds is 5. The average Bonchev–Trinajstić information content (AvgIpc) is 2.20. The number of aliphatic hydroxyl groups is 2. The van der Waals surface area contributed by atoms with Crippen molar-refractivity contribution in [1.29, 1.82) is 0 Å². The Bertz CT molecular complexity index is 243. The summed E-state index contributed by atoms with van der Waals surface area (Å²) in [7, 11) is 0. The molecule has 5 N–H and O–H groups in total. The van der Waals surface area contributed by atoms with Crippen molar-refractivity contribution < 1.29 is 38.1 Å². The Hall–Kier alpha value is -0.940. The van der Waals surface area contributed by atoms with Crippen molar-refractivity contribution in [2.75, 3.05) is 26.3 Å². The summed E-state index contributed by atoms with van der Waals surface area (Å²) in [5.74, 6) is -2.76. The maximum atomic E-state index is 10.6. The van der Waals surface area contributed by atoms with Gasteiger partial charge in [0.2, 0.25) is 0 Å². The van der Waals surface area contributed by atoms with Crippen molar-refractivity contribution in [3.63, 3.8) is 0 Å². The van der Waals surface area contributed by atoms with Crippen molar-refractivity contribution in [3.8, 4) is 0 Å². The second-order valence-corrected chi connectivity index (χ2v) is 3.42. The number of carbonyl (C=O) groups is 1. The minimum atomic E-state index is -5.08. The highest BCUT2D eigenvalue weighted by atomic mass is 19.4. The number of alkyl halides is 3. The first-order valence-electron chi connectivity index (χ1n) is 4.94. The van der Waals surface area contributed by atoms with Crippen molar-refractivity contribution in [3.05, 3.63) is 0 Å². The molecule has 0 aromatic heterocycles. The molecule has 0 saturated carbocycles. The van der Waals surface area contributed by atoms with E-state index in [1.807, 2.05) is 0 Å². The lowest BCUT2D eigenvalue weighted by Gasteiger charge is -2.27. The molecule has 10 heteroatoms. The Balaban J connectivity index is 0.000000360. The third-order valence-electron chi connectivity index (χ3n) is 1.76. The third-order valence-corrected chi connectivity index (χ3v) is 1.76. The molecule has 18 heavy (non-hydrogen) atoms. The lowest BCUT2D eigenvalue weighted by Crippen LogP contribution is -2.55. The van der Waals surface area contributed by atoms with Crippen molar-refractivity contribution in [2.45, 2.75) is 18.3 Å². The molecule has 1 aliphatic rings. The molecule has 0 aliphatic carbocycles. The van der Waals surface area contributed by atoms with Gasteiger partial charge >= 0.3 is 12.1 Å². The predicted octanol–water partition coefficient (Wildman–Crippen LogP) is -1.53. The smallest absolute Gasteiger partial charge is 0.475 e. The number of hydrogen-bond acceptors (Lipinski definition) is 6. The van der Waals surface area contributed by atoms with Gasteiger partial charge in [-0.25, -0.2) is 4.79 Å². The van der Waals surface area contributed by atoms with E-state index in [-0.39, 0.29) is 13.2 Å². The van der Waals surface area contributed by atoms with Crippen LogP contribution in [0.5, 0.6) is 0 Å². The van der Waals surface area contributed by atoms with Crippen LogP contribution in [0.3, 0.4) is 0 Å². The van der Waals surface area contributed by atoms with E-state index in [9.17, 15) is 13.2 Å². The molecule has 7 nitrogen and oxygen atoms in total. The van der Waals surface area contributed by atoms with Gasteiger partial charge in [0.25, 0.3) is 0 Å². The maximum absolute atomic E-state index is 10.6. The Morgan fingerprint density at radius 1 is 1.50 bits per heavy atom. The van der Waals surface area contributed by atoms with Crippen LogP contribution in [0.1, 0.15) is 0 Å². The van der Waals surface area contributed by atoms with Crippen molar-refractivity contribution in [2.24, 2.45) is 0 Å². The normalized spacial score (nSPS) is 17.4. The average molecular weight is 276 g/mol. The van der Waals surface area contributed by atoms with Gasteiger partial charge in [0.05, 0.1) is 19.3 Å². The molecule has 0 aromatic carbocycles. The molecule has 0 aromatic rings. The third kappa shape index (κ3) is 8.20. The van der Waals surface area contributed by atoms with Crippen LogP contribution in [0.4, 0.5) is 13.2 Å². The zero-order chi connectivity index (χ0) is 14.2. The van der Waals surface area contributed by atoms with Crippen LogP contribution in [0.2, 0.25) is 0 Å². The number of aliphatic carboxylic acids is 1. The SMILES string of the molecule is O=C(O)C(F)(F)F.OC[C@H](O)CONC1CNC1. The van der Waals surface area contributed by atoms with Crippen molar-refractivity contribution in [1.82, 2.24) is 10.8 Å². The molecule has 0 spiro atoms. The van der Waals surface area contributed by atoms with E-state index in [0.717, 1.165) is 13.1 Å². The zero-order valence-electron chi connectivity index (χ0n) is 9.28. The Morgan fingerprint density at radius 3 is 2.28 bits per heavy atom. The monoisotopic (exact) mass is 276 g/mol. The van der Waals surface area contributed by atoms with Crippen LogP contribution >= 0.6 is 0 Å². The summed E-state index contributed by atoms with van der Waals surface area (Å²) in [5.41, 5.74) is 2.75. The molecular formula is C8H15F3N2O5. The topological polar surface area (TPSA) is 111 Å². The lowest BCUT2D eigenvalue weighted by molar-refractivity contribution is -0.192. The summed E-state index contributed by atoms with van der Waals surface area (Å²) >= 11 is 0. The number of hydroxylamine groups is 1. The maximum Gasteiger partial charge on any atom is 0.490 e. The van der Waals surface area contributed by atoms with Crippen LogP contribution in [0, 0.1) is 0 Å². The first-order chi connectivity index (χ1) is 8.27. The number of hydrogen-bond donors (Lipinski definition) is 5. The Labute approximate surface area is 101 Å². The molecule has 0 unspecified atom stereocenters. The summed E-state index contributed by atoms with van der Waals surface area (Å²) in [4.78, 5) is 13.8. The highest BCUT2D eigenvalue weighted by Gasteiger charge is 2.38. The quantitative estimate of drug-likeness (QED) is 0.387. The highest BCUT2D eigenvalue weighted by molar-refractivity contribution is 5.73. The zero-order valence-corrected chi connectivity index (χ0v) is 9.28. The van der Waals surface area contributed by atoms with E-state index in [4.69, 9.17) is 25.0 Å². The molecule has 1 saturated heterocycles. The van der Waals surface area contributed by atoms with Crippen LogP contribution in [0.25, 0.3) is 0 Å². The van der Waals surface area contributed by atoms with Gasteiger partial charge in [-0.3, -0.25) is 4.84 Å². The van der Waals surface area contributed by atoms with E-state index in [1.54, 1.807) is 0 Å². The molecular weight excluding hydrogens is 261 g/mol. The number of carboxylic acids is 1. The minimum Gasteiger partial charge on any atom is -0.475 e. The van der Waals surface area contributed by atoms with Crippen LogP contribution in [0.15, 0.2) is 0 Å². The summed E-state index contributed by atoms with van der Waals surface area (Å²) in [5, 5.41) is 27.4. The van der Waals surface area contributed by atoms with Gasteiger partial charge < -0.3 is 20.6 Å². The van der Waals surface area contributed by atoms with Gasteiger partial charge in [-0.15, -0.1) is 0 Å². The van der Waals surface area contributed by atoms with E-state index in [2.05, 4.69) is 10.8 Å². The number of aliphatic hydroxyl groups excluding tert-OH is 2. The van der Waals surface area contributed by atoms with Gasteiger partial charge in [-0.05, 0) is 0 Å². The predicted molar refractivity (Wildman–Crippen MR) is 52.5 cm³/mol. The molecule has 1 aliphatic heterocycles. The summed E-state index contributed by atoms with van der Waals surface area (Å²) in [6.45, 7) is 1.67. The Morgan fingerprint density at radius 2 is 2.00 bits per heavy atom. The lowest BCUT2D eigenvalue weighted by atomic mass is 10.2. The molecule has 1 fully saturated rings. The Kier molecular flexibility index (Phi) is 7.78. The molecule has 1 heterocycles. The first-order valence-corrected chi connectivity index (χ1v) is 4.94. The van der Waals surface area contributed by atoms with E-state index < -0.39 is 18.2 Å². The van der Waals surface area contributed by atoms with Crippen LogP contribution in [-0.2, 0) is 9.63 Å². The molecule has 1 atom stereocenters. The number of carboxylic acid groups (broad SMARTS) is 1. The fourth-order valence-corrected chi connectivity index (χ4v) is 0.687. The van der Waals surface area contributed by atoms with E-state index in [0.29, 0.717) is 6.04 Å². The van der Waals surface area contributed by atoms with Crippen molar-refractivity contribution >= 4 is 5.97 Å². The van der Waals surface area contributed by atoms with Crippen LogP contribution < -0.4 is 10.8 Å². The van der Waals surface area contributed by atoms with Gasteiger partial charge in [-0.1, -0.05) is 0 Å². The molecule has 0 amide bonds. The second-order valence-electron chi connectivity index (χ2n) is 3.42. The summed E-state index contributed by atoms with van der Waals surface area (Å²) in [6, 6.07) is 0.348. The fraction of sp³-hybridized carbons (Fsp3) is 0.875. The first kappa shape index (κ1) is 17.1. The molecule has 0 bridgehead atoms. The number of nitrogens with one attached hydrogen (secondary N) is 2. The number of halogens is 3. The van der Waals surface area contributed by atoms with Gasteiger partial charge in [0, 0.05) is 13.1 Å². The summed E-state index contributed by atoms with van der Waals surface area (Å²) < 4.78 is 31.7. The summed E-state index contributed by atoms with van der Waals surface area (Å²) in [6.07, 6.45) is -5.87. The van der Waals surface area contributed by atoms with Gasteiger partial charge in [-0.2, -0.15) is 18.7 Å². The van der Waals surface area contributed by atoms with Crippen LogP contribution in [-0.4, -0.2) is 65.9 Å². The van der Waals surface area contributed by atoms with Gasteiger partial charge in [0.15, 0.2) is 0 Å². The fourth-order valence-electron chi connectivity index (χ4n) is 0.687. The highest BCUT2D eigenvalue weighted by Crippen LogP contribution is 2.13. The second kappa shape index (κ2) is 8.21. The van der Waals surface area contributed by atoms with Gasteiger partial charge in [0.1, 0.15) is 6.10 Å². The standard InChI is InChI=1S/C6H14N2O3.C2HF3O2/c9-3-6(10)4-11-8-5-1-7-2-5;3-2(4,5)1(6)7/h5-10H,1-4H2;(H,6,7)/t6-;/m0./s1. The molecule has 108 valence electrons. The molecule has 1 rings (SSSR count). The minimum absolute atomic E-state index is 0.132. The largest absolute Gasteiger partial charge is 0.490 e. The molecule has 0 radical (unpaired) electrons.